The number of fused-ring (bicyclic) bond motifs is 1. The van der Waals surface area contributed by atoms with Crippen molar-refractivity contribution >= 4 is 26.8 Å². The largest absolute Gasteiger partial charge is 0.341 e. The molecule has 0 aliphatic carbocycles. The standard InChI is InChI=1S/C16H18BrN3/c1-4-20-15(16(17)12(3)18-20)10-19-9-8-13-11(2)6-5-7-14(13)19/h5-9H,4,10H2,1-3H3. The quantitative estimate of drug-likeness (QED) is 0.702. The molecular formula is C16H18BrN3. The van der Waals surface area contributed by atoms with Crippen LogP contribution in [0.4, 0.5) is 0 Å². The van der Waals surface area contributed by atoms with Crippen LogP contribution in [0.25, 0.3) is 10.9 Å². The number of hydrogen-bond donors (Lipinski definition) is 0. The van der Waals surface area contributed by atoms with E-state index in [0.29, 0.717) is 0 Å². The summed E-state index contributed by atoms with van der Waals surface area (Å²) in [5, 5.41) is 5.89. The van der Waals surface area contributed by atoms with Gasteiger partial charge in [-0.2, -0.15) is 5.10 Å². The van der Waals surface area contributed by atoms with Crippen LogP contribution in [0.15, 0.2) is 34.9 Å². The van der Waals surface area contributed by atoms with Gasteiger partial charge in [0.15, 0.2) is 0 Å². The van der Waals surface area contributed by atoms with Gasteiger partial charge in [0.1, 0.15) is 0 Å². The van der Waals surface area contributed by atoms with E-state index in [2.05, 4.69) is 74.6 Å². The van der Waals surface area contributed by atoms with Gasteiger partial charge in [0.2, 0.25) is 0 Å². The van der Waals surface area contributed by atoms with Gasteiger partial charge in [-0.3, -0.25) is 4.68 Å². The highest BCUT2D eigenvalue weighted by Crippen LogP contribution is 2.25. The molecule has 4 heteroatoms. The molecule has 0 saturated carbocycles. The van der Waals surface area contributed by atoms with Crippen molar-refractivity contribution in [3.8, 4) is 0 Å². The molecule has 20 heavy (non-hydrogen) atoms. The lowest BCUT2D eigenvalue weighted by atomic mass is 10.1. The first kappa shape index (κ1) is 13.4. The van der Waals surface area contributed by atoms with Crippen molar-refractivity contribution in [2.24, 2.45) is 0 Å². The lowest BCUT2D eigenvalue weighted by molar-refractivity contribution is 0.601. The number of hydrogen-bond acceptors (Lipinski definition) is 1. The van der Waals surface area contributed by atoms with Crippen molar-refractivity contribution in [2.45, 2.75) is 33.9 Å². The van der Waals surface area contributed by atoms with Crippen LogP contribution < -0.4 is 0 Å². The van der Waals surface area contributed by atoms with Gasteiger partial charge in [-0.05, 0) is 54.4 Å². The summed E-state index contributed by atoms with van der Waals surface area (Å²) >= 11 is 3.67. The highest BCUT2D eigenvalue weighted by Gasteiger charge is 2.13. The first-order valence-corrected chi connectivity index (χ1v) is 7.67. The smallest absolute Gasteiger partial charge is 0.0739 e. The molecule has 0 bridgehead atoms. The van der Waals surface area contributed by atoms with E-state index in [1.807, 2.05) is 6.92 Å². The Labute approximate surface area is 127 Å². The number of halogens is 1. The van der Waals surface area contributed by atoms with Crippen LogP contribution in [0.1, 0.15) is 23.9 Å². The van der Waals surface area contributed by atoms with E-state index in [4.69, 9.17) is 0 Å². The SMILES string of the molecule is CCn1nc(C)c(Br)c1Cn1ccc2c(C)cccc21. The summed E-state index contributed by atoms with van der Waals surface area (Å²) in [6, 6.07) is 8.64. The maximum absolute atomic E-state index is 4.56. The van der Waals surface area contributed by atoms with E-state index >= 15 is 0 Å². The second kappa shape index (κ2) is 5.09. The van der Waals surface area contributed by atoms with Gasteiger partial charge in [0.05, 0.1) is 22.4 Å². The van der Waals surface area contributed by atoms with Gasteiger partial charge in [-0.1, -0.05) is 12.1 Å². The highest BCUT2D eigenvalue weighted by atomic mass is 79.9. The van der Waals surface area contributed by atoms with Crippen LogP contribution >= 0.6 is 15.9 Å². The van der Waals surface area contributed by atoms with Gasteiger partial charge >= 0.3 is 0 Å². The van der Waals surface area contributed by atoms with Crippen molar-refractivity contribution in [1.82, 2.24) is 14.3 Å². The number of benzene rings is 1. The Hall–Kier alpha value is -1.55. The minimum atomic E-state index is 0.836. The Bertz CT molecular complexity index is 767. The first-order valence-electron chi connectivity index (χ1n) is 6.88. The molecule has 0 amide bonds. The second-order valence-electron chi connectivity index (χ2n) is 5.11. The summed E-state index contributed by atoms with van der Waals surface area (Å²) in [5.41, 5.74) is 4.87. The molecule has 0 saturated heterocycles. The Morgan fingerprint density at radius 3 is 2.75 bits per heavy atom. The fraction of sp³-hybridized carbons (Fsp3) is 0.312. The monoisotopic (exact) mass is 331 g/mol. The molecule has 3 nitrogen and oxygen atoms in total. The molecule has 0 spiro atoms. The van der Waals surface area contributed by atoms with Crippen molar-refractivity contribution < 1.29 is 0 Å². The summed E-state index contributed by atoms with van der Waals surface area (Å²) in [5.74, 6) is 0. The maximum atomic E-state index is 4.56. The van der Waals surface area contributed by atoms with Crippen LogP contribution in [0, 0.1) is 13.8 Å². The predicted molar refractivity (Wildman–Crippen MR) is 86.1 cm³/mol. The molecule has 3 rings (SSSR count). The van der Waals surface area contributed by atoms with Gasteiger partial charge in [0, 0.05) is 23.6 Å². The molecule has 1 aromatic carbocycles. The van der Waals surface area contributed by atoms with Crippen LogP contribution in [0.3, 0.4) is 0 Å². The molecule has 0 unspecified atom stereocenters. The molecule has 0 N–H and O–H groups in total. The van der Waals surface area contributed by atoms with Crippen LogP contribution in [0.5, 0.6) is 0 Å². The van der Waals surface area contributed by atoms with E-state index < -0.39 is 0 Å². The lowest BCUT2D eigenvalue weighted by Gasteiger charge is -2.09. The molecule has 104 valence electrons. The van der Waals surface area contributed by atoms with Gasteiger partial charge < -0.3 is 4.57 Å². The van der Waals surface area contributed by atoms with Gasteiger partial charge in [-0.25, -0.2) is 0 Å². The zero-order valence-electron chi connectivity index (χ0n) is 12.0. The average molecular weight is 332 g/mol. The fourth-order valence-corrected chi connectivity index (χ4v) is 3.11. The lowest BCUT2D eigenvalue weighted by Crippen LogP contribution is -2.07. The molecule has 0 radical (unpaired) electrons. The van der Waals surface area contributed by atoms with E-state index in [9.17, 15) is 0 Å². The predicted octanol–water partition coefficient (Wildman–Crippen LogP) is 4.29. The molecule has 3 aromatic rings. The zero-order chi connectivity index (χ0) is 14.3. The van der Waals surface area contributed by atoms with Gasteiger partial charge in [-0.15, -0.1) is 0 Å². The fourth-order valence-electron chi connectivity index (χ4n) is 2.70. The van der Waals surface area contributed by atoms with Crippen molar-refractivity contribution in [3.63, 3.8) is 0 Å². The number of aryl methyl sites for hydroxylation is 3. The highest BCUT2D eigenvalue weighted by molar-refractivity contribution is 9.10. The molecule has 0 aliphatic heterocycles. The molecule has 0 aliphatic rings. The molecular weight excluding hydrogens is 314 g/mol. The third-order valence-corrected chi connectivity index (χ3v) is 4.84. The summed E-state index contributed by atoms with van der Waals surface area (Å²) in [7, 11) is 0. The van der Waals surface area contributed by atoms with E-state index in [1.165, 1.54) is 22.2 Å². The van der Waals surface area contributed by atoms with E-state index in [0.717, 1.165) is 23.3 Å². The number of aromatic nitrogens is 3. The Kier molecular flexibility index (Phi) is 3.42. The van der Waals surface area contributed by atoms with Crippen molar-refractivity contribution in [2.75, 3.05) is 0 Å². The van der Waals surface area contributed by atoms with Crippen LogP contribution in [-0.4, -0.2) is 14.3 Å². The Morgan fingerprint density at radius 1 is 1.20 bits per heavy atom. The van der Waals surface area contributed by atoms with E-state index in [-0.39, 0.29) is 0 Å². The topological polar surface area (TPSA) is 22.8 Å². The Morgan fingerprint density at radius 2 is 2.00 bits per heavy atom. The number of nitrogens with zero attached hydrogens (tertiary/aromatic N) is 3. The minimum absolute atomic E-state index is 0.836. The Balaban J connectivity index is 2.08. The summed E-state index contributed by atoms with van der Waals surface area (Å²) in [4.78, 5) is 0. The normalized spacial score (nSPS) is 11.4. The molecule has 0 fully saturated rings. The molecule has 2 heterocycles. The van der Waals surface area contributed by atoms with Crippen LogP contribution in [-0.2, 0) is 13.1 Å². The van der Waals surface area contributed by atoms with Crippen molar-refractivity contribution in [1.29, 1.82) is 0 Å². The molecule has 0 atom stereocenters. The third-order valence-electron chi connectivity index (χ3n) is 3.80. The zero-order valence-corrected chi connectivity index (χ0v) is 13.6. The minimum Gasteiger partial charge on any atom is -0.341 e. The van der Waals surface area contributed by atoms with E-state index in [1.54, 1.807) is 0 Å². The first-order chi connectivity index (χ1) is 9.61. The average Bonchev–Trinajstić information content (AvgIpc) is 2.96. The molecule has 2 aromatic heterocycles. The second-order valence-corrected chi connectivity index (χ2v) is 5.91. The van der Waals surface area contributed by atoms with Crippen LogP contribution in [0.2, 0.25) is 0 Å². The summed E-state index contributed by atoms with van der Waals surface area (Å²) in [6.45, 7) is 8.04. The van der Waals surface area contributed by atoms with Crippen molar-refractivity contribution in [3.05, 3.63) is 51.9 Å². The summed E-state index contributed by atoms with van der Waals surface area (Å²) in [6.07, 6.45) is 2.16. The number of rotatable bonds is 3. The maximum Gasteiger partial charge on any atom is 0.0739 e. The van der Waals surface area contributed by atoms with Gasteiger partial charge in [0.25, 0.3) is 0 Å². The third kappa shape index (κ3) is 2.08. The summed E-state index contributed by atoms with van der Waals surface area (Å²) < 4.78 is 5.48.